The molecule has 0 radical (unpaired) electrons. The van der Waals surface area contributed by atoms with Crippen LogP contribution in [0.1, 0.15) is 17.9 Å². The summed E-state index contributed by atoms with van der Waals surface area (Å²) in [6.07, 6.45) is 2.01. The maximum atomic E-state index is 14.0. The third kappa shape index (κ3) is 4.84. The minimum absolute atomic E-state index is 0.0533. The van der Waals surface area contributed by atoms with Gasteiger partial charge in [0.1, 0.15) is 11.6 Å². The summed E-state index contributed by atoms with van der Waals surface area (Å²) < 4.78 is 32.7. The van der Waals surface area contributed by atoms with Gasteiger partial charge in [-0.15, -0.1) is 0 Å². The highest BCUT2D eigenvalue weighted by molar-refractivity contribution is 5.85. The number of carbonyl (C=O) groups is 1. The molecule has 34 heavy (non-hydrogen) atoms. The summed E-state index contributed by atoms with van der Waals surface area (Å²) in [6.45, 7) is 3.87. The first-order valence-electron chi connectivity index (χ1n) is 11.4. The number of benzene rings is 3. The van der Waals surface area contributed by atoms with Crippen molar-refractivity contribution in [3.63, 3.8) is 0 Å². The van der Waals surface area contributed by atoms with Crippen LogP contribution in [0.25, 0.3) is 22.1 Å². The summed E-state index contributed by atoms with van der Waals surface area (Å²) in [4.78, 5) is 21.1. The van der Waals surface area contributed by atoms with Crippen molar-refractivity contribution in [3.8, 4) is 11.3 Å². The van der Waals surface area contributed by atoms with Gasteiger partial charge in [-0.25, -0.2) is 13.8 Å². The standard InChI is InChI=1S/C27H25F2N3O2/c28-21-8-9-23(24(29)16-21)25-17-30-26(34-25)10-11-27(33)32-14-12-31(13-15-32)18-20-6-3-5-19-4-1-2-7-22(19)20/h1-9,16-17H,10-15,18H2. The fraction of sp³-hybridized carbons (Fsp3) is 0.259. The molecule has 7 heteroatoms. The van der Waals surface area contributed by atoms with E-state index in [1.165, 1.54) is 34.7 Å². The lowest BCUT2D eigenvalue weighted by molar-refractivity contribution is -0.133. The van der Waals surface area contributed by atoms with E-state index in [9.17, 15) is 13.6 Å². The summed E-state index contributed by atoms with van der Waals surface area (Å²) >= 11 is 0. The van der Waals surface area contributed by atoms with Crippen molar-refractivity contribution < 1.29 is 18.0 Å². The predicted molar refractivity (Wildman–Crippen MR) is 126 cm³/mol. The molecule has 1 saturated heterocycles. The van der Waals surface area contributed by atoms with E-state index in [0.29, 0.717) is 25.4 Å². The Morgan fingerprint density at radius 2 is 1.76 bits per heavy atom. The van der Waals surface area contributed by atoms with Gasteiger partial charge in [-0.05, 0) is 28.5 Å². The molecule has 0 saturated carbocycles. The van der Waals surface area contributed by atoms with Crippen LogP contribution in [0.3, 0.4) is 0 Å². The van der Waals surface area contributed by atoms with Gasteiger partial charge in [-0.1, -0.05) is 42.5 Å². The predicted octanol–water partition coefficient (Wildman–Crippen LogP) is 5.05. The van der Waals surface area contributed by atoms with E-state index in [4.69, 9.17) is 4.42 Å². The third-order valence-electron chi connectivity index (χ3n) is 6.30. The minimum Gasteiger partial charge on any atom is -0.441 e. The average Bonchev–Trinajstić information content (AvgIpc) is 3.32. The van der Waals surface area contributed by atoms with Crippen molar-refractivity contribution in [2.24, 2.45) is 0 Å². The highest BCUT2D eigenvalue weighted by Crippen LogP contribution is 2.25. The number of aromatic nitrogens is 1. The van der Waals surface area contributed by atoms with Crippen molar-refractivity contribution in [2.45, 2.75) is 19.4 Å². The SMILES string of the molecule is O=C(CCc1ncc(-c2ccc(F)cc2F)o1)N1CCN(Cc2cccc3ccccc23)CC1. The van der Waals surface area contributed by atoms with Crippen molar-refractivity contribution in [3.05, 3.63) is 89.9 Å². The number of nitrogens with zero attached hydrogens (tertiary/aromatic N) is 3. The van der Waals surface area contributed by atoms with Crippen LogP contribution in [-0.2, 0) is 17.8 Å². The molecule has 0 bridgehead atoms. The lowest BCUT2D eigenvalue weighted by atomic mass is 10.0. The molecule has 0 unspecified atom stereocenters. The van der Waals surface area contributed by atoms with Crippen LogP contribution in [-0.4, -0.2) is 46.9 Å². The minimum atomic E-state index is -0.708. The normalized spacial score (nSPS) is 14.6. The molecule has 1 fully saturated rings. The van der Waals surface area contributed by atoms with E-state index in [1.807, 2.05) is 4.90 Å². The number of hydrogen-bond donors (Lipinski definition) is 0. The number of carbonyl (C=O) groups excluding carboxylic acids is 1. The van der Waals surface area contributed by atoms with Crippen LogP contribution < -0.4 is 0 Å². The molecule has 0 atom stereocenters. The number of fused-ring (bicyclic) bond motifs is 1. The molecule has 1 aliphatic rings. The monoisotopic (exact) mass is 461 g/mol. The number of piperazine rings is 1. The summed E-state index contributed by atoms with van der Waals surface area (Å²) in [6, 6.07) is 18.1. The van der Waals surface area contributed by atoms with E-state index >= 15 is 0 Å². The van der Waals surface area contributed by atoms with Gasteiger partial charge in [0.25, 0.3) is 0 Å². The van der Waals surface area contributed by atoms with E-state index in [-0.39, 0.29) is 23.7 Å². The van der Waals surface area contributed by atoms with Gasteiger partial charge in [0.05, 0.1) is 11.8 Å². The summed E-state index contributed by atoms with van der Waals surface area (Å²) in [5.74, 6) is -0.717. The summed E-state index contributed by atoms with van der Waals surface area (Å²) in [7, 11) is 0. The average molecular weight is 462 g/mol. The lowest BCUT2D eigenvalue weighted by Crippen LogP contribution is -2.48. The van der Waals surface area contributed by atoms with Gasteiger partial charge in [-0.3, -0.25) is 9.69 Å². The highest BCUT2D eigenvalue weighted by Gasteiger charge is 2.22. The zero-order valence-electron chi connectivity index (χ0n) is 18.7. The van der Waals surface area contributed by atoms with Crippen LogP contribution in [0.15, 0.2) is 71.3 Å². The van der Waals surface area contributed by atoms with Crippen LogP contribution in [0, 0.1) is 11.6 Å². The Morgan fingerprint density at radius 1 is 0.971 bits per heavy atom. The van der Waals surface area contributed by atoms with Crippen LogP contribution in [0.5, 0.6) is 0 Å². The van der Waals surface area contributed by atoms with Crippen molar-refractivity contribution in [1.29, 1.82) is 0 Å². The number of halogens is 2. The fourth-order valence-corrected chi connectivity index (χ4v) is 4.44. The molecule has 5 nitrogen and oxygen atoms in total. The first kappa shape index (κ1) is 22.2. The zero-order valence-corrected chi connectivity index (χ0v) is 18.7. The molecule has 1 aromatic heterocycles. The molecular weight excluding hydrogens is 436 g/mol. The number of amides is 1. The fourth-order valence-electron chi connectivity index (χ4n) is 4.44. The maximum Gasteiger partial charge on any atom is 0.223 e. The van der Waals surface area contributed by atoms with Crippen LogP contribution >= 0.6 is 0 Å². The molecule has 2 heterocycles. The zero-order chi connectivity index (χ0) is 23.5. The van der Waals surface area contributed by atoms with E-state index in [0.717, 1.165) is 25.7 Å². The second-order valence-electron chi connectivity index (χ2n) is 8.54. The van der Waals surface area contributed by atoms with Gasteiger partial charge in [0.15, 0.2) is 11.7 Å². The van der Waals surface area contributed by atoms with Gasteiger partial charge in [0, 0.05) is 51.6 Å². The molecular formula is C27H25F2N3O2. The Hall–Kier alpha value is -3.58. The maximum absolute atomic E-state index is 14.0. The molecule has 0 N–H and O–H groups in total. The first-order valence-corrected chi connectivity index (χ1v) is 11.4. The quantitative estimate of drug-likeness (QED) is 0.403. The van der Waals surface area contributed by atoms with Gasteiger partial charge < -0.3 is 9.32 Å². The van der Waals surface area contributed by atoms with Gasteiger partial charge in [-0.2, -0.15) is 0 Å². The second-order valence-corrected chi connectivity index (χ2v) is 8.54. The first-order chi connectivity index (χ1) is 16.6. The van der Waals surface area contributed by atoms with Gasteiger partial charge >= 0.3 is 0 Å². The molecule has 174 valence electrons. The van der Waals surface area contributed by atoms with E-state index in [1.54, 1.807) is 0 Å². The molecule has 3 aromatic carbocycles. The molecule has 1 aliphatic heterocycles. The lowest BCUT2D eigenvalue weighted by Gasteiger charge is -2.35. The second kappa shape index (κ2) is 9.73. The Kier molecular flexibility index (Phi) is 6.36. The topological polar surface area (TPSA) is 49.6 Å². The molecule has 4 aromatic rings. The third-order valence-corrected chi connectivity index (χ3v) is 6.30. The molecule has 1 amide bonds. The van der Waals surface area contributed by atoms with E-state index < -0.39 is 11.6 Å². The largest absolute Gasteiger partial charge is 0.441 e. The number of oxazole rings is 1. The number of aryl methyl sites for hydroxylation is 1. The molecule has 0 spiro atoms. The Morgan fingerprint density at radius 3 is 2.59 bits per heavy atom. The molecule has 5 rings (SSSR count). The van der Waals surface area contributed by atoms with Crippen molar-refractivity contribution in [1.82, 2.24) is 14.8 Å². The van der Waals surface area contributed by atoms with E-state index in [2.05, 4.69) is 52.3 Å². The molecule has 0 aliphatic carbocycles. The Bertz CT molecular complexity index is 1310. The number of hydrogen-bond acceptors (Lipinski definition) is 4. The van der Waals surface area contributed by atoms with Crippen molar-refractivity contribution >= 4 is 16.7 Å². The summed E-state index contributed by atoms with van der Waals surface area (Å²) in [5, 5.41) is 2.51. The Balaban J connectivity index is 1.13. The van der Waals surface area contributed by atoms with Gasteiger partial charge in [0.2, 0.25) is 5.91 Å². The number of rotatable bonds is 6. The Labute approximate surface area is 196 Å². The van der Waals surface area contributed by atoms with Crippen LogP contribution in [0.2, 0.25) is 0 Å². The van der Waals surface area contributed by atoms with Crippen molar-refractivity contribution in [2.75, 3.05) is 26.2 Å². The van der Waals surface area contributed by atoms with Crippen LogP contribution in [0.4, 0.5) is 8.78 Å². The summed E-state index contributed by atoms with van der Waals surface area (Å²) in [5.41, 5.74) is 1.45. The smallest absolute Gasteiger partial charge is 0.223 e. The highest BCUT2D eigenvalue weighted by atomic mass is 19.1.